The lowest BCUT2D eigenvalue weighted by Gasteiger charge is -2.04. The second-order valence-corrected chi connectivity index (χ2v) is 3.73. The largest absolute Gasteiger partial charge is 0.439 e. The third-order valence-corrected chi connectivity index (χ3v) is 2.45. The normalized spacial score (nSPS) is 9.00. The van der Waals surface area contributed by atoms with Crippen molar-refractivity contribution >= 4 is 5.69 Å². The van der Waals surface area contributed by atoms with Gasteiger partial charge < -0.3 is 5.32 Å². The first-order valence-corrected chi connectivity index (χ1v) is 5.56. The molecule has 0 spiro atoms. The molecule has 0 unspecified atom stereocenters. The summed E-state index contributed by atoms with van der Waals surface area (Å²) >= 11 is 0. The molecule has 0 saturated heterocycles. The van der Waals surface area contributed by atoms with Crippen LogP contribution >= 0.6 is 0 Å². The van der Waals surface area contributed by atoms with Crippen molar-refractivity contribution in [1.29, 1.82) is 15.8 Å². The highest BCUT2D eigenvalue weighted by atomic mass is 16.5. The molecule has 2 rings (SSSR count). The Morgan fingerprint density at radius 2 is 1.81 bits per heavy atom. The Bertz CT molecular complexity index is 851. The summed E-state index contributed by atoms with van der Waals surface area (Å²) in [6.45, 7) is 0. The molecule has 21 heavy (non-hydrogen) atoms. The van der Waals surface area contributed by atoms with Crippen molar-refractivity contribution in [3.05, 3.63) is 46.1 Å². The number of hydrogen-bond acceptors (Lipinski definition) is 7. The summed E-state index contributed by atoms with van der Waals surface area (Å²) in [5, 5.41) is 32.6. The summed E-state index contributed by atoms with van der Waals surface area (Å²) in [5.74, 6) is -0.382. The molecule has 1 aromatic carbocycles. The van der Waals surface area contributed by atoms with Crippen LogP contribution < -0.4 is 11.1 Å². The molecule has 0 amide bonds. The second-order valence-electron chi connectivity index (χ2n) is 3.73. The predicted octanol–water partition coefficient (Wildman–Crippen LogP) is 1.27. The molecule has 1 heterocycles. The van der Waals surface area contributed by atoms with E-state index in [1.165, 1.54) is 0 Å². The van der Waals surface area contributed by atoms with Crippen LogP contribution in [0, 0.1) is 34.0 Å². The van der Waals surface area contributed by atoms with E-state index in [2.05, 4.69) is 20.0 Å². The van der Waals surface area contributed by atoms with Crippen LogP contribution in [0.1, 0.15) is 0 Å². The van der Waals surface area contributed by atoms with Gasteiger partial charge >= 0.3 is 5.76 Å². The van der Waals surface area contributed by atoms with E-state index in [4.69, 9.17) is 15.8 Å². The predicted molar refractivity (Wildman–Crippen MR) is 70.0 cm³/mol. The zero-order valence-corrected chi connectivity index (χ0v) is 10.4. The summed E-state index contributed by atoms with van der Waals surface area (Å²) in [7, 11) is 0. The fraction of sp³-hybridized carbons (Fsp3) is 0. The minimum Gasteiger partial charge on any atom is -0.345 e. The molecule has 2 aromatic rings. The van der Waals surface area contributed by atoms with E-state index in [1.807, 2.05) is 0 Å². The molecule has 0 radical (unpaired) electrons. The van der Waals surface area contributed by atoms with Crippen molar-refractivity contribution in [1.82, 2.24) is 10.1 Å². The summed E-state index contributed by atoms with van der Waals surface area (Å²) in [5.41, 5.74) is 0.670. The molecule has 0 saturated carbocycles. The average molecular weight is 278 g/mol. The van der Waals surface area contributed by atoms with Crippen LogP contribution in [-0.2, 0) is 0 Å². The molecule has 0 aliphatic heterocycles. The van der Waals surface area contributed by atoms with E-state index in [1.54, 1.807) is 42.5 Å². The molecule has 0 aliphatic rings. The van der Waals surface area contributed by atoms with Crippen LogP contribution in [0.25, 0.3) is 11.4 Å². The summed E-state index contributed by atoms with van der Waals surface area (Å²) in [4.78, 5) is 13.3. The molecule has 8 heteroatoms. The number of nitrogens with zero attached hydrogens (tertiary/aromatic N) is 4. The third kappa shape index (κ3) is 2.95. The highest BCUT2D eigenvalue weighted by Crippen LogP contribution is 2.18. The van der Waals surface area contributed by atoms with Crippen LogP contribution in [0.2, 0.25) is 0 Å². The topological polar surface area (TPSA) is 142 Å². The summed E-state index contributed by atoms with van der Waals surface area (Å²) in [6.07, 6.45) is 0. The van der Waals surface area contributed by atoms with Gasteiger partial charge in [0.15, 0.2) is 11.4 Å². The van der Waals surface area contributed by atoms with E-state index in [0.717, 1.165) is 0 Å². The van der Waals surface area contributed by atoms with Crippen molar-refractivity contribution in [2.45, 2.75) is 0 Å². The number of H-pyrrole nitrogens is 1. The van der Waals surface area contributed by atoms with Gasteiger partial charge in [0, 0.05) is 11.3 Å². The smallest absolute Gasteiger partial charge is 0.345 e. The quantitative estimate of drug-likeness (QED) is 0.804. The van der Waals surface area contributed by atoms with Crippen molar-refractivity contribution in [3.8, 4) is 29.6 Å². The summed E-state index contributed by atoms with van der Waals surface area (Å²) in [6, 6.07) is 11.5. The lowest BCUT2D eigenvalue weighted by molar-refractivity contribution is 0.388. The van der Waals surface area contributed by atoms with Gasteiger partial charge in [-0.05, 0) is 24.3 Å². The number of anilines is 1. The Morgan fingerprint density at radius 1 is 1.14 bits per heavy atom. The van der Waals surface area contributed by atoms with Crippen LogP contribution in [0.5, 0.6) is 0 Å². The maximum Gasteiger partial charge on any atom is 0.439 e. The number of nitrogens with one attached hydrogen (secondary N) is 2. The van der Waals surface area contributed by atoms with Crippen LogP contribution in [0.3, 0.4) is 0 Å². The van der Waals surface area contributed by atoms with Gasteiger partial charge in [-0.2, -0.15) is 15.8 Å². The van der Waals surface area contributed by atoms with E-state index < -0.39 is 5.76 Å². The molecule has 0 bridgehead atoms. The molecule has 100 valence electrons. The second kappa shape index (κ2) is 5.87. The van der Waals surface area contributed by atoms with Crippen LogP contribution in [0.4, 0.5) is 5.69 Å². The highest BCUT2D eigenvalue weighted by molar-refractivity contribution is 5.63. The Morgan fingerprint density at radius 3 is 2.29 bits per heavy atom. The van der Waals surface area contributed by atoms with Crippen LogP contribution in [-0.4, -0.2) is 10.1 Å². The molecule has 2 N–H and O–H groups in total. The average Bonchev–Trinajstić information content (AvgIpc) is 2.94. The fourth-order valence-electron chi connectivity index (χ4n) is 1.49. The van der Waals surface area contributed by atoms with Gasteiger partial charge in [-0.1, -0.05) is 5.16 Å². The Labute approximate surface area is 118 Å². The van der Waals surface area contributed by atoms with Gasteiger partial charge in [0.05, 0.1) is 0 Å². The first-order valence-electron chi connectivity index (χ1n) is 5.56. The van der Waals surface area contributed by atoms with Gasteiger partial charge in [0.1, 0.15) is 23.9 Å². The molecular weight excluding hydrogens is 272 g/mol. The van der Waals surface area contributed by atoms with Crippen molar-refractivity contribution in [2.24, 2.45) is 0 Å². The number of aromatic amines is 1. The molecule has 1 aromatic heterocycles. The minimum absolute atomic E-state index is 0.136. The molecule has 0 aliphatic carbocycles. The first-order chi connectivity index (χ1) is 10.2. The van der Waals surface area contributed by atoms with Crippen molar-refractivity contribution in [2.75, 3.05) is 5.32 Å². The zero-order valence-electron chi connectivity index (χ0n) is 10.4. The van der Waals surface area contributed by atoms with E-state index in [0.29, 0.717) is 11.3 Å². The van der Waals surface area contributed by atoms with E-state index in [9.17, 15) is 4.79 Å². The monoisotopic (exact) mass is 278 g/mol. The number of nitriles is 3. The molecule has 8 nitrogen and oxygen atoms in total. The highest BCUT2D eigenvalue weighted by Gasteiger charge is 2.07. The van der Waals surface area contributed by atoms with Crippen LogP contribution in [0.15, 0.2) is 44.9 Å². The Kier molecular flexibility index (Phi) is 3.80. The third-order valence-electron chi connectivity index (χ3n) is 2.45. The number of rotatable bonds is 3. The van der Waals surface area contributed by atoms with Gasteiger partial charge in [-0.25, -0.2) is 4.79 Å². The first kappa shape index (κ1) is 13.6. The number of aromatic nitrogens is 2. The fourth-order valence-corrected chi connectivity index (χ4v) is 1.49. The number of allylic oxidation sites excluding steroid dienone is 2. The minimum atomic E-state index is -0.658. The number of hydrogen-bond donors (Lipinski definition) is 2. The maximum absolute atomic E-state index is 10.9. The summed E-state index contributed by atoms with van der Waals surface area (Å²) < 4.78 is 4.39. The Hall–Kier alpha value is -3.83. The van der Waals surface area contributed by atoms with Gasteiger partial charge in [0.25, 0.3) is 0 Å². The van der Waals surface area contributed by atoms with Gasteiger partial charge in [-0.15, -0.1) is 0 Å². The number of benzene rings is 1. The lowest BCUT2D eigenvalue weighted by atomic mass is 10.2. The van der Waals surface area contributed by atoms with Crippen molar-refractivity contribution in [3.63, 3.8) is 0 Å². The lowest BCUT2D eigenvalue weighted by Crippen LogP contribution is -2.00. The maximum atomic E-state index is 10.9. The van der Waals surface area contributed by atoms with Gasteiger partial charge in [-0.3, -0.25) is 9.51 Å². The zero-order chi connectivity index (χ0) is 15.2. The standard InChI is InChI=1S/C13H6N6O2/c14-5-9(6-15)11(7-16)17-10-3-1-8(2-4-10)12-18-13(20)21-19-12/h1-4,17H,(H,18,19,20). The van der Waals surface area contributed by atoms with Crippen molar-refractivity contribution < 1.29 is 4.52 Å². The SMILES string of the molecule is N#CC(C#N)=C(C#N)Nc1ccc(-c2noc(=O)[nH]2)cc1. The van der Waals surface area contributed by atoms with Gasteiger partial charge in [0.2, 0.25) is 0 Å². The Balaban J connectivity index is 2.27. The van der Waals surface area contributed by atoms with E-state index >= 15 is 0 Å². The van der Waals surface area contributed by atoms with E-state index in [-0.39, 0.29) is 17.1 Å². The molecule has 0 atom stereocenters. The molecule has 0 fully saturated rings. The molecular formula is C13H6N6O2.